The van der Waals surface area contributed by atoms with E-state index in [1.807, 2.05) is 25.1 Å². The quantitative estimate of drug-likeness (QED) is 0.723. The van der Waals surface area contributed by atoms with Gasteiger partial charge in [0.15, 0.2) is 5.82 Å². The predicted octanol–water partition coefficient (Wildman–Crippen LogP) is 2.46. The molecule has 0 aliphatic carbocycles. The van der Waals surface area contributed by atoms with E-state index < -0.39 is 0 Å². The molecule has 1 fully saturated rings. The average Bonchev–Trinajstić information content (AvgIpc) is 3.16. The Labute approximate surface area is 146 Å². The summed E-state index contributed by atoms with van der Waals surface area (Å²) in [6.45, 7) is 7.86. The van der Waals surface area contributed by atoms with E-state index in [1.165, 1.54) is 0 Å². The lowest BCUT2D eigenvalue weighted by atomic mass is 10.2. The molecule has 3 aromatic rings. The Hall–Kier alpha value is -2.54. The molecule has 1 atom stereocenters. The van der Waals surface area contributed by atoms with E-state index in [4.69, 9.17) is 4.52 Å². The summed E-state index contributed by atoms with van der Waals surface area (Å²) in [5, 5.41) is 5.11. The van der Waals surface area contributed by atoms with E-state index >= 15 is 0 Å². The summed E-state index contributed by atoms with van der Waals surface area (Å²) in [6.07, 6.45) is 2.45. The largest absolute Gasteiger partial charge is 0.353 e. The van der Waals surface area contributed by atoms with Crippen molar-refractivity contribution in [2.24, 2.45) is 0 Å². The zero-order chi connectivity index (χ0) is 17.2. The number of aromatic nitrogens is 4. The van der Waals surface area contributed by atoms with Gasteiger partial charge in [0.05, 0.1) is 11.6 Å². The molecule has 7 heteroatoms. The van der Waals surface area contributed by atoms with Crippen LogP contribution in [0, 0.1) is 0 Å². The van der Waals surface area contributed by atoms with Crippen LogP contribution >= 0.6 is 0 Å². The third-order valence-corrected chi connectivity index (χ3v) is 4.84. The molecule has 2 aromatic heterocycles. The minimum atomic E-state index is 0.136. The summed E-state index contributed by atoms with van der Waals surface area (Å²) in [5.74, 6) is 2.50. The molecule has 0 bridgehead atoms. The number of fused-ring (bicyclic) bond motifs is 1. The molecule has 4 rings (SSSR count). The van der Waals surface area contributed by atoms with Crippen molar-refractivity contribution in [3.8, 4) is 0 Å². The Morgan fingerprint density at radius 2 is 1.92 bits per heavy atom. The molecule has 25 heavy (non-hydrogen) atoms. The lowest BCUT2D eigenvalue weighted by Crippen LogP contribution is -2.47. The first-order valence-corrected chi connectivity index (χ1v) is 8.77. The number of rotatable bonds is 4. The highest BCUT2D eigenvalue weighted by atomic mass is 16.5. The zero-order valence-corrected chi connectivity index (χ0v) is 14.6. The van der Waals surface area contributed by atoms with Crippen LogP contribution in [0.4, 0.5) is 5.82 Å². The fourth-order valence-corrected chi connectivity index (χ4v) is 3.30. The van der Waals surface area contributed by atoms with E-state index in [0.717, 1.165) is 55.1 Å². The number of hydrogen-bond acceptors (Lipinski definition) is 7. The first-order chi connectivity index (χ1) is 12.3. The predicted molar refractivity (Wildman–Crippen MR) is 95.4 cm³/mol. The van der Waals surface area contributed by atoms with E-state index in [9.17, 15) is 0 Å². The van der Waals surface area contributed by atoms with E-state index in [-0.39, 0.29) is 6.04 Å². The molecule has 1 unspecified atom stereocenters. The normalized spacial score (nSPS) is 17.1. The van der Waals surface area contributed by atoms with Crippen molar-refractivity contribution in [1.29, 1.82) is 0 Å². The van der Waals surface area contributed by atoms with Crippen molar-refractivity contribution in [3.63, 3.8) is 0 Å². The Morgan fingerprint density at radius 1 is 1.12 bits per heavy atom. The standard InChI is InChI=1S/C18H22N6O/c1-3-16-21-18(25-22-16)13(2)23-8-10-24(11-9-23)17-14-6-4-5-7-15(14)19-12-20-17/h4-7,12-13H,3,8-11H2,1-2H3. The van der Waals surface area contributed by atoms with E-state index in [1.54, 1.807) is 6.33 Å². The van der Waals surface area contributed by atoms with Crippen molar-refractivity contribution in [3.05, 3.63) is 42.3 Å². The average molecular weight is 338 g/mol. The maximum Gasteiger partial charge on any atom is 0.243 e. The third kappa shape index (κ3) is 3.07. The Morgan fingerprint density at radius 3 is 2.68 bits per heavy atom. The number of hydrogen-bond donors (Lipinski definition) is 0. The number of anilines is 1. The maximum atomic E-state index is 5.40. The number of benzene rings is 1. The summed E-state index contributed by atoms with van der Waals surface area (Å²) < 4.78 is 5.40. The number of para-hydroxylation sites is 1. The van der Waals surface area contributed by atoms with Gasteiger partial charge in [0, 0.05) is 38.0 Å². The topological polar surface area (TPSA) is 71.2 Å². The first kappa shape index (κ1) is 16.0. The molecule has 1 aliphatic heterocycles. The fraction of sp³-hybridized carbons (Fsp3) is 0.444. The van der Waals surface area contributed by atoms with Gasteiger partial charge in [0.25, 0.3) is 0 Å². The van der Waals surface area contributed by atoms with Crippen LogP contribution in [0.5, 0.6) is 0 Å². The highest BCUT2D eigenvalue weighted by molar-refractivity contribution is 5.89. The second kappa shape index (κ2) is 6.76. The van der Waals surface area contributed by atoms with Crippen LogP contribution in [0.15, 0.2) is 35.1 Å². The van der Waals surface area contributed by atoms with Gasteiger partial charge < -0.3 is 9.42 Å². The minimum Gasteiger partial charge on any atom is -0.353 e. The summed E-state index contributed by atoms with van der Waals surface area (Å²) >= 11 is 0. The Kier molecular flexibility index (Phi) is 4.31. The molecule has 0 saturated carbocycles. The summed E-state index contributed by atoms with van der Waals surface area (Å²) in [5.41, 5.74) is 0.987. The molecule has 3 heterocycles. The van der Waals surface area contributed by atoms with Crippen LogP contribution in [-0.4, -0.2) is 51.2 Å². The number of nitrogens with zero attached hydrogens (tertiary/aromatic N) is 6. The lowest BCUT2D eigenvalue weighted by molar-refractivity contribution is 0.164. The van der Waals surface area contributed by atoms with E-state index in [2.05, 4.69) is 42.9 Å². The molecule has 1 aliphatic rings. The highest BCUT2D eigenvalue weighted by Gasteiger charge is 2.26. The second-order valence-electron chi connectivity index (χ2n) is 6.32. The van der Waals surface area contributed by atoms with Crippen molar-refractivity contribution in [2.45, 2.75) is 26.3 Å². The Bertz CT molecular complexity index is 850. The Balaban J connectivity index is 1.47. The molecule has 130 valence electrons. The van der Waals surface area contributed by atoms with Crippen molar-refractivity contribution in [1.82, 2.24) is 25.0 Å². The monoisotopic (exact) mass is 338 g/mol. The van der Waals surface area contributed by atoms with Gasteiger partial charge in [-0.05, 0) is 19.1 Å². The van der Waals surface area contributed by atoms with Gasteiger partial charge in [0.2, 0.25) is 5.89 Å². The van der Waals surface area contributed by atoms with Gasteiger partial charge in [0.1, 0.15) is 12.1 Å². The van der Waals surface area contributed by atoms with Crippen LogP contribution in [0.1, 0.15) is 31.6 Å². The lowest BCUT2D eigenvalue weighted by Gasteiger charge is -2.37. The van der Waals surface area contributed by atoms with Gasteiger partial charge >= 0.3 is 0 Å². The van der Waals surface area contributed by atoms with Gasteiger partial charge in [-0.2, -0.15) is 4.98 Å². The molecule has 1 aromatic carbocycles. The minimum absolute atomic E-state index is 0.136. The van der Waals surface area contributed by atoms with Crippen LogP contribution in [-0.2, 0) is 6.42 Å². The summed E-state index contributed by atoms with van der Waals surface area (Å²) in [7, 11) is 0. The summed E-state index contributed by atoms with van der Waals surface area (Å²) in [4.78, 5) is 18.1. The smallest absolute Gasteiger partial charge is 0.243 e. The van der Waals surface area contributed by atoms with Crippen LogP contribution in [0.3, 0.4) is 0 Å². The van der Waals surface area contributed by atoms with E-state index in [0.29, 0.717) is 5.89 Å². The maximum absolute atomic E-state index is 5.40. The first-order valence-electron chi connectivity index (χ1n) is 8.77. The molecule has 1 saturated heterocycles. The zero-order valence-electron chi connectivity index (χ0n) is 14.6. The molecular weight excluding hydrogens is 316 g/mol. The number of piperazine rings is 1. The third-order valence-electron chi connectivity index (χ3n) is 4.84. The van der Waals surface area contributed by atoms with Gasteiger partial charge in [-0.25, -0.2) is 9.97 Å². The van der Waals surface area contributed by atoms with Gasteiger partial charge in [-0.3, -0.25) is 4.90 Å². The van der Waals surface area contributed by atoms with Crippen LogP contribution in [0.25, 0.3) is 10.9 Å². The molecule has 7 nitrogen and oxygen atoms in total. The van der Waals surface area contributed by atoms with Crippen molar-refractivity contribution in [2.75, 3.05) is 31.1 Å². The molecule has 0 spiro atoms. The molecular formula is C18H22N6O. The highest BCUT2D eigenvalue weighted by Crippen LogP contribution is 2.26. The van der Waals surface area contributed by atoms with Crippen molar-refractivity contribution >= 4 is 16.7 Å². The van der Waals surface area contributed by atoms with Gasteiger partial charge in [-0.1, -0.05) is 24.2 Å². The summed E-state index contributed by atoms with van der Waals surface area (Å²) in [6, 6.07) is 8.30. The number of aryl methyl sites for hydroxylation is 1. The fourth-order valence-electron chi connectivity index (χ4n) is 3.30. The van der Waals surface area contributed by atoms with Crippen LogP contribution < -0.4 is 4.90 Å². The molecule has 0 radical (unpaired) electrons. The molecule has 0 amide bonds. The van der Waals surface area contributed by atoms with Gasteiger partial charge in [-0.15, -0.1) is 0 Å². The second-order valence-corrected chi connectivity index (χ2v) is 6.32. The SMILES string of the molecule is CCc1noc(C(C)N2CCN(c3ncnc4ccccc34)CC2)n1. The van der Waals surface area contributed by atoms with Crippen LogP contribution in [0.2, 0.25) is 0 Å². The van der Waals surface area contributed by atoms with Crippen molar-refractivity contribution < 1.29 is 4.52 Å². The molecule has 0 N–H and O–H groups in total.